The van der Waals surface area contributed by atoms with Gasteiger partial charge in [-0.2, -0.15) is 5.10 Å². The summed E-state index contributed by atoms with van der Waals surface area (Å²) < 4.78 is 4.05. The summed E-state index contributed by atoms with van der Waals surface area (Å²) in [5.41, 5.74) is 1.31. The Balaban J connectivity index is 1.51. The van der Waals surface area contributed by atoms with Crippen molar-refractivity contribution in [2.24, 2.45) is 0 Å². The fraction of sp³-hybridized carbons (Fsp3) is 0.250. The van der Waals surface area contributed by atoms with Crippen LogP contribution in [-0.4, -0.2) is 26.8 Å². The minimum atomic E-state index is -0.161. The highest BCUT2D eigenvalue weighted by atomic mass is 127. The number of nitrogens with one attached hydrogen (secondary N) is 1. The van der Waals surface area contributed by atoms with Crippen LogP contribution in [0, 0.1) is 3.57 Å². The van der Waals surface area contributed by atoms with Gasteiger partial charge in [0.15, 0.2) is 0 Å². The van der Waals surface area contributed by atoms with Gasteiger partial charge in [-0.15, -0.1) is 0 Å². The van der Waals surface area contributed by atoms with Gasteiger partial charge < -0.3 is 5.32 Å². The summed E-state index contributed by atoms with van der Waals surface area (Å²) in [5, 5.41) is 7.43. The lowest BCUT2D eigenvalue weighted by Crippen LogP contribution is -2.32. The zero-order valence-electron chi connectivity index (χ0n) is 14.6. The molecule has 0 bridgehead atoms. The molecule has 1 amide bonds. The first-order valence-corrected chi connectivity index (χ1v) is 10.0. The third-order valence-corrected chi connectivity index (χ3v) is 5.49. The Morgan fingerprint density at radius 2 is 1.81 bits per heavy atom. The maximum atomic E-state index is 12.9. The predicted molar refractivity (Wildman–Crippen MR) is 111 cm³/mol. The topological polar surface area (TPSA) is 68.9 Å². The lowest BCUT2D eigenvalue weighted by Gasteiger charge is -2.06. The SMILES string of the molecule is O=C(NCCn1nc(C2CC2)n(-c2ccccc2)c1=O)c1ccccc1I. The van der Waals surface area contributed by atoms with E-state index in [9.17, 15) is 9.59 Å². The van der Waals surface area contributed by atoms with Crippen LogP contribution in [0.25, 0.3) is 5.69 Å². The van der Waals surface area contributed by atoms with Gasteiger partial charge in [0.2, 0.25) is 0 Å². The van der Waals surface area contributed by atoms with E-state index < -0.39 is 0 Å². The Bertz CT molecular complexity index is 1020. The first kappa shape index (κ1) is 18.0. The van der Waals surface area contributed by atoms with Crippen molar-refractivity contribution in [3.63, 3.8) is 0 Å². The third-order valence-electron chi connectivity index (χ3n) is 4.55. The van der Waals surface area contributed by atoms with Gasteiger partial charge in [-0.25, -0.2) is 14.0 Å². The molecule has 0 unspecified atom stereocenters. The largest absolute Gasteiger partial charge is 0.350 e. The molecule has 3 aromatic rings. The number of hydrogen-bond acceptors (Lipinski definition) is 3. The highest BCUT2D eigenvalue weighted by Gasteiger charge is 2.31. The average Bonchev–Trinajstić information content (AvgIpc) is 3.47. The summed E-state index contributed by atoms with van der Waals surface area (Å²) in [6.45, 7) is 0.688. The molecule has 1 fully saturated rings. The summed E-state index contributed by atoms with van der Waals surface area (Å²) >= 11 is 2.14. The molecule has 0 atom stereocenters. The van der Waals surface area contributed by atoms with Crippen molar-refractivity contribution >= 4 is 28.5 Å². The molecule has 138 valence electrons. The highest BCUT2D eigenvalue weighted by Crippen LogP contribution is 2.39. The van der Waals surface area contributed by atoms with Crippen LogP contribution in [0.15, 0.2) is 59.4 Å². The van der Waals surface area contributed by atoms with Crippen LogP contribution in [0.1, 0.15) is 34.9 Å². The minimum Gasteiger partial charge on any atom is -0.350 e. The second kappa shape index (κ2) is 7.67. The molecule has 1 N–H and O–H groups in total. The second-order valence-corrected chi connectivity index (χ2v) is 7.71. The van der Waals surface area contributed by atoms with Crippen LogP contribution in [0.3, 0.4) is 0 Å². The number of amides is 1. The van der Waals surface area contributed by atoms with E-state index >= 15 is 0 Å². The molecule has 0 saturated heterocycles. The van der Waals surface area contributed by atoms with E-state index in [-0.39, 0.29) is 11.6 Å². The van der Waals surface area contributed by atoms with Crippen LogP contribution in [0.2, 0.25) is 0 Å². The predicted octanol–water partition coefficient (Wildman–Crippen LogP) is 2.95. The maximum absolute atomic E-state index is 12.9. The van der Waals surface area contributed by atoms with E-state index in [1.165, 1.54) is 4.68 Å². The second-order valence-electron chi connectivity index (χ2n) is 6.54. The smallest absolute Gasteiger partial charge is 0.350 e. The molecule has 1 aliphatic carbocycles. The molecule has 0 spiro atoms. The van der Waals surface area contributed by atoms with Crippen LogP contribution in [0.4, 0.5) is 0 Å². The van der Waals surface area contributed by atoms with E-state index in [2.05, 4.69) is 33.0 Å². The van der Waals surface area contributed by atoms with Crippen LogP contribution < -0.4 is 11.0 Å². The number of halogens is 1. The van der Waals surface area contributed by atoms with Crippen LogP contribution >= 0.6 is 22.6 Å². The first-order chi connectivity index (χ1) is 13.1. The van der Waals surface area contributed by atoms with Crippen molar-refractivity contribution in [1.82, 2.24) is 19.7 Å². The number of nitrogens with zero attached hydrogens (tertiary/aromatic N) is 3. The van der Waals surface area contributed by atoms with E-state index in [1.54, 1.807) is 10.6 Å². The maximum Gasteiger partial charge on any atom is 0.350 e. The van der Waals surface area contributed by atoms with Gasteiger partial charge in [0, 0.05) is 16.0 Å². The Morgan fingerprint density at radius 3 is 2.52 bits per heavy atom. The monoisotopic (exact) mass is 474 g/mol. The van der Waals surface area contributed by atoms with Crippen molar-refractivity contribution in [2.75, 3.05) is 6.54 Å². The van der Waals surface area contributed by atoms with Crippen molar-refractivity contribution in [1.29, 1.82) is 0 Å². The Morgan fingerprint density at radius 1 is 1.11 bits per heavy atom. The number of carbonyl (C=O) groups excluding carboxylic acids is 1. The molecule has 27 heavy (non-hydrogen) atoms. The number of benzene rings is 2. The van der Waals surface area contributed by atoms with Gasteiger partial charge in [-0.05, 0) is 59.7 Å². The van der Waals surface area contributed by atoms with Crippen molar-refractivity contribution in [3.8, 4) is 5.69 Å². The minimum absolute atomic E-state index is 0.141. The number of rotatable bonds is 6. The summed E-state index contributed by atoms with van der Waals surface area (Å²) in [4.78, 5) is 25.2. The van der Waals surface area contributed by atoms with Gasteiger partial charge in [-0.3, -0.25) is 4.79 Å². The van der Waals surface area contributed by atoms with Gasteiger partial charge in [0.1, 0.15) is 5.82 Å². The van der Waals surface area contributed by atoms with Crippen molar-refractivity contribution in [2.45, 2.75) is 25.3 Å². The summed E-state index contributed by atoms with van der Waals surface area (Å²) in [7, 11) is 0. The molecule has 1 aromatic heterocycles. The van der Waals surface area contributed by atoms with Crippen molar-refractivity contribution in [3.05, 3.63) is 80.0 Å². The van der Waals surface area contributed by atoms with Crippen molar-refractivity contribution < 1.29 is 4.79 Å². The molecule has 4 rings (SSSR count). The molecule has 0 aliphatic heterocycles. The highest BCUT2D eigenvalue weighted by molar-refractivity contribution is 14.1. The van der Waals surface area contributed by atoms with Crippen LogP contribution in [0.5, 0.6) is 0 Å². The number of carbonyl (C=O) groups is 1. The van der Waals surface area contributed by atoms with Gasteiger partial charge in [0.05, 0.1) is 17.8 Å². The Hall–Kier alpha value is -2.42. The summed E-state index contributed by atoms with van der Waals surface area (Å²) in [6.07, 6.45) is 2.12. The summed E-state index contributed by atoms with van der Waals surface area (Å²) in [5.74, 6) is 1.02. The van der Waals surface area contributed by atoms with Crippen LogP contribution in [-0.2, 0) is 6.54 Å². The van der Waals surface area contributed by atoms with E-state index in [0.29, 0.717) is 24.6 Å². The van der Waals surface area contributed by atoms with E-state index in [1.807, 2.05) is 48.5 Å². The summed E-state index contributed by atoms with van der Waals surface area (Å²) in [6, 6.07) is 17.0. The fourth-order valence-corrected chi connectivity index (χ4v) is 3.64. The molecule has 1 aliphatic rings. The lowest BCUT2D eigenvalue weighted by atomic mass is 10.2. The van der Waals surface area contributed by atoms with Gasteiger partial charge in [0.25, 0.3) is 5.91 Å². The number of para-hydroxylation sites is 1. The molecule has 2 aromatic carbocycles. The van der Waals surface area contributed by atoms with E-state index in [0.717, 1.165) is 27.9 Å². The van der Waals surface area contributed by atoms with Gasteiger partial charge in [-0.1, -0.05) is 30.3 Å². The Kier molecular flexibility index (Phi) is 5.11. The zero-order valence-corrected chi connectivity index (χ0v) is 16.8. The fourth-order valence-electron chi connectivity index (χ4n) is 3.01. The Labute approximate surface area is 170 Å². The molecule has 1 saturated carbocycles. The molecule has 7 heteroatoms. The molecular weight excluding hydrogens is 455 g/mol. The first-order valence-electron chi connectivity index (χ1n) is 8.93. The molecule has 0 radical (unpaired) electrons. The lowest BCUT2D eigenvalue weighted by molar-refractivity contribution is 0.0951. The number of hydrogen-bond donors (Lipinski definition) is 1. The standard InChI is InChI=1S/C20H19IN4O2/c21-17-9-5-4-8-16(17)19(26)22-12-13-24-20(27)25(15-6-2-1-3-7-15)18(23-24)14-10-11-14/h1-9,14H,10-13H2,(H,22,26). The van der Waals surface area contributed by atoms with E-state index in [4.69, 9.17) is 0 Å². The third kappa shape index (κ3) is 3.83. The molecular formula is C20H19IN4O2. The van der Waals surface area contributed by atoms with Gasteiger partial charge >= 0.3 is 5.69 Å². The quantitative estimate of drug-likeness (QED) is 0.559. The molecule has 1 heterocycles. The zero-order chi connectivity index (χ0) is 18.8. The molecule has 6 nitrogen and oxygen atoms in total. The normalized spacial score (nSPS) is 13.5. The number of aromatic nitrogens is 3. The average molecular weight is 474 g/mol.